The van der Waals surface area contributed by atoms with Crippen LogP contribution in [0.3, 0.4) is 0 Å². The second kappa shape index (κ2) is 10.5. The Bertz CT molecular complexity index is 1460. The van der Waals surface area contributed by atoms with Gasteiger partial charge in [0, 0.05) is 44.1 Å². The van der Waals surface area contributed by atoms with Crippen LogP contribution in [0.1, 0.15) is 36.4 Å². The van der Waals surface area contributed by atoms with Crippen molar-refractivity contribution in [1.82, 2.24) is 18.8 Å². The number of hydrogen-bond acceptors (Lipinski definition) is 6. The summed E-state index contributed by atoms with van der Waals surface area (Å²) in [6.07, 6.45) is 7.22. The molecule has 3 aromatic rings. The van der Waals surface area contributed by atoms with Gasteiger partial charge in [-0.3, -0.25) is 9.59 Å². The smallest absolute Gasteiger partial charge is 0.295 e. The quantitative estimate of drug-likeness (QED) is 0.268. The Morgan fingerprint density at radius 3 is 2.32 bits per heavy atom. The van der Waals surface area contributed by atoms with E-state index in [9.17, 15) is 27.5 Å². The van der Waals surface area contributed by atoms with Crippen LogP contribution < -0.4 is 0 Å². The summed E-state index contributed by atoms with van der Waals surface area (Å²) in [5.41, 5.74) is 0.552. The van der Waals surface area contributed by atoms with Crippen molar-refractivity contribution in [2.75, 3.05) is 19.6 Å². The molecule has 2 fully saturated rings. The van der Waals surface area contributed by atoms with Crippen LogP contribution in [0.4, 0.5) is 4.39 Å². The van der Waals surface area contributed by atoms with Gasteiger partial charge in [0.2, 0.25) is 10.0 Å². The maximum Gasteiger partial charge on any atom is 0.295 e. The molecular formula is C27H27FN4O5S. The number of aliphatic hydroxyl groups is 1. The summed E-state index contributed by atoms with van der Waals surface area (Å²) in [6, 6.07) is 10.1. The van der Waals surface area contributed by atoms with Crippen LogP contribution in [0.25, 0.3) is 5.76 Å². The number of aromatic nitrogens is 2. The lowest BCUT2D eigenvalue weighted by Gasteiger charge is -2.25. The van der Waals surface area contributed by atoms with E-state index in [1.54, 1.807) is 18.7 Å². The molecule has 5 rings (SSSR count). The number of Topliss-reactive ketones (excluding diaryl/α,β-unsaturated/α-hetero) is 1. The minimum Gasteiger partial charge on any atom is -0.507 e. The molecule has 0 unspecified atom stereocenters. The molecule has 2 aromatic carbocycles. The predicted octanol–water partition coefficient (Wildman–Crippen LogP) is 3.32. The van der Waals surface area contributed by atoms with Gasteiger partial charge in [0.25, 0.3) is 11.7 Å². The summed E-state index contributed by atoms with van der Waals surface area (Å²) in [6.45, 7) is 1.71. The number of likely N-dealkylation sites (tertiary alicyclic amines) is 1. The molecule has 0 radical (unpaired) electrons. The van der Waals surface area contributed by atoms with Gasteiger partial charge in [-0.15, -0.1) is 0 Å². The number of aryl methyl sites for hydroxylation is 1. The van der Waals surface area contributed by atoms with Crippen LogP contribution in [-0.2, 0) is 26.2 Å². The Labute approximate surface area is 219 Å². The van der Waals surface area contributed by atoms with Gasteiger partial charge >= 0.3 is 0 Å². The summed E-state index contributed by atoms with van der Waals surface area (Å²) in [5, 5.41) is 11.2. The van der Waals surface area contributed by atoms with Gasteiger partial charge in [0.15, 0.2) is 0 Å². The number of benzene rings is 2. The first kappa shape index (κ1) is 25.8. The molecule has 2 aliphatic rings. The number of halogens is 1. The van der Waals surface area contributed by atoms with Crippen LogP contribution in [0.5, 0.6) is 0 Å². The van der Waals surface area contributed by atoms with Gasteiger partial charge < -0.3 is 14.6 Å². The van der Waals surface area contributed by atoms with Gasteiger partial charge in [0.05, 0.1) is 22.8 Å². The van der Waals surface area contributed by atoms with Crippen molar-refractivity contribution in [2.24, 2.45) is 0 Å². The fourth-order valence-corrected chi connectivity index (χ4v) is 6.48. The fraction of sp³-hybridized carbons (Fsp3) is 0.296. The van der Waals surface area contributed by atoms with Crippen LogP contribution in [0, 0.1) is 5.82 Å². The molecular weight excluding hydrogens is 511 g/mol. The SMILES string of the molecule is O=C1C(=O)N(CCCn2ccnc2)[C@@H](c2ccc(F)cc2)C1=C(O)c1ccc(S(=O)(=O)N2CCCC2)cc1. The van der Waals surface area contributed by atoms with E-state index in [1.165, 1.54) is 57.7 Å². The molecule has 38 heavy (non-hydrogen) atoms. The molecule has 198 valence electrons. The summed E-state index contributed by atoms with van der Waals surface area (Å²) >= 11 is 0. The summed E-state index contributed by atoms with van der Waals surface area (Å²) in [5.74, 6) is -2.51. The van der Waals surface area contributed by atoms with E-state index in [0.29, 0.717) is 31.6 Å². The zero-order chi connectivity index (χ0) is 26.9. The molecule has 0 spiro atoms. The maximum absolute atomic E-state index is 13.7. The summed E-state index contributed by atoms with van der Waals surface area (Å²) in [4.78, 5) is 31.7. The Hall–Kier alpha value is -3.83. The minimum atomic E-state index is -3.65. The van der Waals surface area contributed by atoms with Gasteiger partial charge in [-0.2, -0.15) is 4.31 Å². The molecule has 1 N–H and O–H groups in total. The number of nitrogens with zero attached hydrogens (tertiary/aromatic N) is 4. The van der Waals surface area contributed by atoms with Crippen molar-refractivity contribution in [3.63, 3.8) is 0 Å². The van der Waals surface area contributed by atoms with E-state index in [1.807, 2.05) is 4.57 Å². The summed E-state index contributed by atoms with van der Waals surface area (Å²) < 4.78 is 42.7. The normalized spacial score (nSPS) is 19.9. The van der Waals surface area contributed by atoms with Crippen molar-refractivity contribution >= 4 is 27.5 Å². The standard InChI is InChI=1S/C27H27FN4O5S/c28-21-8-4-19(5-9-21)24-23(26(34)27(35)32(24)16-3-13-30-17-12-29-18-30)25(33)20-6-10-22(11-7-20)38(36,37)31-14-1-2-15-31/h4-12,17-18,24,33H,1-3,13-16H2/t24-/m0/s1. The fourth-order valence-electron chi connectivity index (χ4n) is 4.96. The Morgan fingerprint density at radius 1 is 1.00 bits per heavy atom. The predicted molar refractivity (Wildman–Crippen MR) is 137 cm³/mol. The zero-order valence-corrected chi connectivity index (χ0v) is 21.3. The number of sulfonamides is 1. The van der Waals surface area contributed by atoms with Crippen molar-refractivity contribution in [3.8, 4) is 0 Å². The Morgan fingerprint density at radius 2 is 1.68 bits per heavy atom. The van der Waals surface area contributed by atoms with Crippen LogP contribution in [-0.4, -0.2) is 63.6 Å². The third kappa shape index (κ3) is 4.86. The number of aliphatic hydroxyl groups excluding tert-OH is 1. The lowest BCUT2D eigenvalue weighted by molar-refractivity contribution is -0.139. The first-order valence-electron chi connectivity index (χ1n) is 12.4. The average molecular weight is 539 g/mol. The second-order valence-electron chi connectivity index (χ2n) is 9.33. The number of hydrogen-bond donors (Lipinski definition) is 1. The number of ketones is 1. The molecule has 2 aliphatic heterocycles. The van der Waals surface area contributed by atoms with E-state index in [-0.39, 0.29) is 22.6 Å². The molecule has 1 aromatic heterocycles. The highest BCUT2D eigenvalue weighted by Gasteiger charge is 2.45. The first-order chi connectivity index (χ1) is 18.3. The maximum atomic E-state index is 13.7. The van der Waals surface area contributed by atoms with E-state index < -0.39 is 39.3 Å². The number of carbonyl (C=O) groups excluding carboxylic acids is 2. The summed E-state index contributed by atoms with van der Waals surface area (Å²) in [7, 11) is -3.65. The largest absolute Gasteiger partial charge is 0.507 e. The molecule has 3 heterocycles. The highest BCUT2D eigenvalue weighted by molar-refractivity contribution is 7.89. The third-order valence-electron chi connectivity index (χ3n) is 6.93. The third-order valence-corrected chi connectivity index (χ3v) is 8.84. The van der Waals surface area contributed by atoms with E-state index in [0.717, 1.165) is 12.8 Å². The van der Waals surface area contributed by atoms with Crippen molar-refractivity contribution < 1.29 is 27.5 Å². The molecule has 0 saturated carbocycles. The van der Waals surface area contributed by atoms with Crippen molar-refractivity contribution in [1.29, 1.82) is 0 Å². The number of carbonyl (C=O) groups is 2. The van der Waals surface area contributed by atoms with Gasteiger partial charge in [0.1, 0.15) is 11.6 Å². The number of amides is 1. The Balaban J connectivity index is 1.48. The van der Waals surface area contributed by atoms with Crippen LogP contribution in [0.2, 0.25) is 0 Å². The average Bonchev–Trinajstić information content (AvgIpc) is 3.68. The van der Waals surface area contributed by atoms with Crippen molar-refractivity contribution in [2.45, 2.75) is 36.7 Å². The first-order valence-corrected chi connectivity index (χ1v) is 13.8. The van der Waals surface area contributed by atoms with E-state index >= 15 is 0 Å². The second-order valence-corrected chi connectivity index (χ2v) is 11.3. The zero-order valence-electron chi connectivity index (χ0n) is 20.5. The molecule has 9 nitrogen and oxygen atoms in total. The molecule has 0 aliphatic carbocycles. The molecule has 0 bridgehead atoms. The molecule has 11 heteroatoms. The van der Waals surface area contributed by atoms with Gasteiger partial charge in [-0.1, -0.05) is 12.1 Å². The highest BCUT2D eigenvalue weighted by atomic mass is 32.2. The Kier molecular flexibility index (Phi) is 7.13. The van der Waals surface area contributed by atoms with Crippen LogP contribution >= 0.6 is 0 Å². The van der Waals surface area contributed by atoms with Gasteiger partial charge in [-0.25, -0.2) is 17.8 Å². The van der Waals surface area contributed by atoms with E-state index in [2.05, 4.69) is 4.98 Å². The van der Waals surface area contributed by atoms with Gasteiger partial charge in [-0.05, 0) is 61.2 Å². The lowest BCUT2D eigenvalue weighted by Crippen LogP contribution is -2.31. The van der Waals surface area contributed by atoms with Crippen LogP contribution in [0.15, 0.2) is 77.7 Å². The number of rotatable bonds is 8. The lowest BCUT2D eigenvalue weighted by atomic mass is 9.95. The molecule has 1 atom stereocenters. The monoisotopic (exact) mass is 538 g/mol. The topological polar surface area (TPSA) is 113 Å². The number of imidazole rings is 1. The van der Waals surface area contributed by atoms with E-state index in [4.69, 9.17) is 0 Å². The molecule has 1 amide bonds. The highest BCUT2D eigenvalue weighted by Crippen LogP contribution is 2.39. The minimum absolute atomic E-state index is 0.0889. The molecule has 2 saturated heterocycles. The van der Waals surface area contributed by atoms with Crippen molar-refractivity contribution in [3.05, 3.63) is 89.8 Å².